The van der Waals surface area contributed by atoms with Gasteiger partial charge in [-0.05, 0) is 49.7 Å². The Morgan fingerprint density at radius 1 is 1.16 bits per heavy atom. The minimum Gasteiger partial charge on any atom is -0.493 e. The molecule has 0 aliphatic rings. The van der Waals surface area contributed by atoms with Gasteiger partial charge in [-0.25, -0.2) is 9.78 Å². The Kier molecular flexibility index (Phi) is 4.88. The number of benzene rings is 2. The van der Waals surface area contributed by atoms with E-state index in [1.165, 1.54) is 5.56 Å². The minimum atomic E-state index is -0.415. The number of nitrogens with zero attached hydrogens (tertiary/aromatic N) is 1. The number of hydrogen-bond donors (Lipinski definition) is 1. The van der Waals surface area contributed by atoms with E-state index in [1.807, 2.05) is 31.2 Å². The number of aromatic amines is 1. The number of methoxy groups -OCH3 is 1. The minimum absolute atomic E-state index is 0.159. The predicted molar refractivity (Wildman–Crippen MR) is 94.9 cm³/mol. The average molecular weight is 340 g/mol. The fourth-order valence-corrected chi connectivity index (χ4v) is 2.53. The van der Waals surface area contributed by atoms with Gasteiger partial charge in [0.2, 0.25) is 0 Å². The third kappa shape index (κ3) is 3.74. The molecular weight excluding hydrogens is 320 g/mol. The Balaban J connectivity index is 1.85. The zero-order valence-corrected chi connectivity index (χ0v) is 14.5. The zero-order valence-electron chi connectivity index (χ0n) is 14.5. The SMILES string of the molecule is CCOC(=O)COc1ccc(-c2nc3ccc(C)cc3[nH]2)cc1OC. The molecule has 0 aliphatic carbocycles. The number of nitrogens with one attached hydrogen (secondary N) is 1. The third-order valence-corrected chi connectivity index (χ3v) is 3.73. The summed E-state index contributed by atoms with van der Waals surface area (Å²) in [7, 11) is 1.55. The Hall–Kier alpha value is -3.02. The molecule has 0 unspecified atom stereocenters. The quantitative estimate of drug-likeness (QED) is 0.695. The molecule has 1 heterocycles. The number of carbonyl (C=O) groups excluding carboxylic acids is 1. The number of fused-ring (bicyclic) bond motifs is 1. The molecule has 0 atom stereocenters. The number of rotatable bonds is 6. The highest BCUT2D eigenvalue weighted by atomic mass is 16.6. The first-order chi connectivity index (χ1) is 12.1. The van der Waals surface area contributed by atoms with Crippen molar-refractivity contribution in [3.05, 3.63) is 42.0 Å². The van der Waals surface area contributed by atoms with Crippen LogP contribution in [0.4, 0.5) is 0 Å². The van der Waals surface area contributed by atoms with Crippen LogP contribution in [0.5, 0.6) is 11.5 Å². The number of H-pyrrole nitrogens is 1. The standard InChI is InChI=1S/C19H20N2O4/c1-4-24-18(22)11-25-16-8-6-13(10-17(16)23-3)19-20-14-7-5-12(2)9-15(14)21-19/h5-10H,4,11H2,1-3H3,(H,20,21). The second-order valence-electron chi connectivity index (χ2n) is 5.57. The lowest BCUT2D eigenvalue weighted by molar-refractivity contribution is -0.145. The van der Waals surface area contributed by atoms with E-state index in [1.54, 1.807) is 20.1 Å². The van der Waals surface area contributed by atoms with Gasteiger partial charge in [-0.1, -0.05) is 6.07 Å². The van der Waals surface area contributed by atoms with Crippen molar-refractivity contribution in [3.63, 3.8) is 0 Å². The van der Waals surface area contributed by atoms with Crippen molar-refractivity contribution in [3.8, 4) is 22.9 Å². The maximum absolute atomic E-state index is 11.4. The highest BCUT2D eigenvalue weighted by Gasteiger charge is 2.12. The van der Waals surface area contributed by atoms with Crippen molar-refractivity contribution in [2.24, 2.45) is 0 Å². The van der Waals surface area contributed by atoms with Gasteiger partial charge < -0.3 is 19.2 Å². The van der Waals surface area contributed by atoms with Crippen LogP contribution in [-0.4, -0.2) is 36.3 Å². The maximum Gasteiger partial charge on any atom is 0.344 e. The fourth-order valence-electron chi connectivity index (χ4n) is 2.53. The maximum atomic E-state index is 11.4. The lowest BCUT2D eigenvalue weighted by atomic mass is 10.2. The predicted octanol–water partition coefficient (Wildman–Crippen LogP) is 3.49. The summed E-state index contributed by atoms with van der Waals surface area (Å²) in [4.78, 5) is 19.3. The molecule has 130 valence electrons. The van der Waals surface area contributed by atoms with Gasteiger partial charge in [0.15, 0.2) is 18.1 Å². The lowest BCUT2D eigenvalue weighted by Gasteiger charge is -2.11. The molecule has 0 amide bonds. The molecule has 0 saturated heterocycles. The van der Waals surface area contributed by atoms with Crippen LogP contribution >= 0.6 is 0 Å². The second kappa shape index (κ2) is 7.25. The number of imidazole rings is 1. The van der Waals surface area contributed by atoms with Gasteiger partial charge >= 0.3 is 5.97 Å². The summed E-state index contributed by atoms with van der Waals surface area (Å²) >= 11 is 0. The summed E-state index contributed by atoms with van der Waals surface area (Å²) in [6.07, 6.45) is 0. The van der Waals surface area contributed by atoms with Gasteiger partial charge in [-0.15, -0.1) is 0 Å². The number of carbonyl (C=O) groups is 1. The molecule has 3 rings (SSSR count). The van der Waals surface area contributed by atoms with E-state index in [0.29, 0.717) is 18.1 Å². The zero-order chi connectivity index (χ0) is 17.8. The molecule has 2 aromatic carbocycles. The van der Waals surface area contributed by atoms with Crippen LogP contribution in [-0.2, 0) is 9.53 Å². The van der Waals surface area contributed by atoms with Crippen LogP contribution in [0.2, 0.25) is 0 Å². The van der Waals surface area contributed by atoms with Crippen molar-refractivity contribution >= 4 is 17.0 Å². The molecule has 6 heteroatoms. The molecule has 0 radical (unpaired) electrons. The Morgan fingerprint density at radius 3 is 2.76 bits per heavy atom. The van der Waals surface area contributed by atoms with Crippen molar-refractivity contribution in [2.45, 2.75) is 13.8 Å². The summed E-state index contributed by atoms with van der Waals surface area (Å²) in [5.41, 5.74) is 3.93. The second-order valence-corrected chi connectivity index (χ2v) is 5.57. The van der Waals surface area contributed by atoms with Gasteiger partial charge in [0.1, 0.15) is 5.82 Å². The van der Waals surface area contributed by atoms with E-state index in [4.69, 9.17) is 14.2 Å². The summed E-state index contributed by atoms with van der Waals surface area (Å²) in [6, 6.07) is 11.5. The number of aryl methyl sites for hydroxylation is 1. The molecule has 0 saturated carbocycles. The van der Waals surface area contributed by atoms with E-state index in [2.05, 4.69) is 16.0 Å². The van der Waals surface area contributed by atoms with Gasteiger partial charge in [0, 0.05) is 5.56 Å². The molecular formula is C19H20N2O4. The highest BCUT2D eigenvalue weighted by molar-refractivity contribution is 5.80. The first-order valence-corrected chi connectivity index (χ1v) is 8.04. The van der Waals surface area contributed by atoms with Gasteiger partial charge in [0.05, 0.1) is 24.8 Å². The van der Waals surface area contributed by atoms with Crippen molar-refractivity contribution in [2.75, 3.05) is 20.3 Å². The molecule has 3 aromatic rings. The van der Waals surface area contributed by atoms with Crippen molar-refractivity contribution in [1.82, 2.24) is 9.97 Å². The van der Waals surface area contributed by atoms with Crippen molar-refractivity contribution < 1.29 is 19.0 Å². The smallest absolute Gasteiger partial charge is 0.344 e. The van der Waals surface area contributed by atoms with Crippen LogP contribution < -0.4 is 9.47 Å². The van der Waals surface area contributed by atoms with Gasteiger partial charge in [-0.3, -0.25) is 0 Å². The summed E-state index contributed by atoms with van der Waals surface area (Å²) in [6.45, 7) is 3.96. The van der Waals surface area contributed by atoms with Crippen LogP contribution in [0, 0.1) is 6.92 Å². The molecule has 0 aliphatic heterocycles. The van der Waals surface area contributed by atoms with E-state index >= 15 is 0 Å². The van der Waals surface area contributed by atoms with Gasteiger partial charge in [0.25, 0.3) is 0 Å². The van der Waals surface area contributed by atoms with Crippen LogP contribution in [0.1, 0.15) is 12.5 Å². The van der Waals surface area contributed by atoms with E-state index in [-0.39, 0.29) is 6.61 Å². The first kappa shape index (κ1) is 16.8. The monoisotopic (exact) mass is 340 g/mol. The highest BCUT2D eigenvalue weighted by Crippen LogP contribution is 2.32. The molecule has 0 bridgehead atoms. The Labute approximate surface area is 145 Å². The van der Waals surface area contributed by atoms with Crippen LogP contribution in [0.25, 0.3) is 22.4 Å². The first-order valence-electron chi connectivity index (χ1n) is 8.04. The summed E-state index contributed by atoms with van der Waals surface area (Å²) in [5.74, 6) is 1.34. The van der Waals surface area contributed by atoms with E-state index < -0.39 is 5.97 Å². The molecule has 1 N–H and O–H groups in total. The number of esters is 1. The van der Waals surface area contributed by atoms with Crippen molar-refractivity contribution in [1.29, 1.82) is 0 Å². The number of aromatic nitrogens is 2. The summed E-state index contributed by atoms with van der Waals surface area (Å²) < 4.78 is 15.7. The van der Waals surface area contributed by atoms with E-state index in [0.717, 1.165) is 22.4 Å². The molecule has 0 spiro atoms. The van der Waals surface area contributed by atoms with E-state index in [9.17, 15) is 4.79 Å². The third-order valence-electron chi connectivity index (χ3n) is 3.73. The largest absolute Gasteiger partial charge is 0.493 e. The number of ether oxygens (including phenoxy) is 3. The average Bonchev–Trinajstić information content (AvgIpc) is 3.03. The normalized spacial score (nSPS) is 10.7. The summed E-state index contributed by atoms with van der Waals surface area (Å²) in [5, 5.41) is 0. The number of hydrogen-bond acceptors (Lipinski definition) is 5. The van der Waals surface area contributed by atoms with Gasteiger partial charge in [-0.2, -0.15) is 0 Å². The molecule has 6 nitrogen and oxygen atoms in total. The fraction of sp³-hybridized carbons (Fsp3) is 0.263. The molecule has 25 heavy (non-hydrogen) atoms. The lowest BCUT2D eigenvalue weighted by Crippen LogP contribution is -2.14. The topological polar surface area (TPSA) is 73.4 Å². The Bertz CT molecular complexity index is 902. The molecule has 1 aromatic heterocycles. The van der Waals surface area contributed by atoms with Crippen LogP contribution in [0.3, 0.4) is 0 Å². The molecule has 0 fully saturated rings. The van der Waals surface area contributed by atoms with Crippen LogP contribution in [0.15, 0.2) is 36.4 Å². The Morgan fingerprint density at radius 2 is 2.00 bits per heavy atom.